The van der Waals surface area contributed by atoms with Crippen LogP contribution in [0.4, 0.5) is 0 Å². The molecule has 0 aromatic heterocycles. The van der Waals surface area contributed by atoms with Gasteiger partial charge in [0.25, 0.3) is 0 Å². The lowest BCUT2D eigenvalue weighted by atomic mass is 9.82. The fraction of sp³-hybridized carbons (Fsp3) is 0.800. The maximum atomic E-state index is 11.6. The quantitative estimate of drug-likeness (QED) is 0.586. The summed E-state index contributed by atoms with van der Waals surface area (Å²) in [6, 6.07) is 0. The first-order valence-electron chi connectivity index (χ1n) is 4.95. The smallest absolute Gasteiger partial charge is 0.225 e. The summed E-state index contributed by atoms with van der Waals surface area (Å²) in [5.74, 6) is 5.43. The molecule has 14 heavy (non-hydrogen) atoms. The zero-order valence-electron chi connectivity index (χ0n) is 8.78. The first kappa shape index (κ1) is 10.0. The highest BCUT2D eigenvalue weighted by Crippen LogP contribution is 2.41. The zero-order chi connectivity index (χ0) is 10.6. The van der Waals surface area contributed by atoms with E-state index in [1.165, 1.54) is 0 Å². The summed E-state index contributed by atoms with van der Waals surface area (Å²) in [5.41, 5.74) is 0.184. The highest BCUT2D eigenvalue weighted by atomic mass is 32.2. The molecule has 0 N–H and O–H groups in total. The largest absolute Gasteiger partial charge is 0.341 e. The van der Waals surface area contributed by atoms with Gasteiger partial charge in [-0.05, 0) is 15.4 Å². The van der Waals surface area contributed by atoms with E-state index < -0.39 is 9.52 Å². The second-order valence-corrected chi connectivity index (χ2v) is 7.61. The fourth-order valence-corrected chi connectivity index (χ4v) is 5.05. The van der Waals surface area contributed by atoms with Crippen molar-refractivity contribution in [2.24, 2.45) is 11.3 Å². The van der Waals surface area contributed by atoms with Crippen LogP contribution in [0.2, 0.25) is 0 Å². The van der Waals surface area contributed by atoms with Crippen LogP contribution in [-0.2, 0) is 14.3 Å². The van der Waals surface area contributed by atoms with Gasteiger partial charge in [-0.1, -0.05) is 13.8 Å². The first-order valence-corrected chi connectivity index (χ1v) is 7.02. The van der Waals surface area contributed by atoms with Gasteiger partial charge in [-0.15, -0.1) is 0 Å². The van der Waals surface area contributed by atoms with Crippen LogP contribution < -0.4 is 0 Å². The van der Waals surface area contributed by atoms with Crippen molar-refractivity contribution in [1.29, 1.82) is 0 Å². The maximum Gasteiger partial charge on any atom is 0.225 e. The van der Waals surface area contributed by atoms with Crippen molar-refractivity contribution in [1.82, 2.24) is 4.90 Å². The molecule has 0 saturated carbocycles. The lowest BCUT2D eigenvalue weighted by molar-refractivity contribution is -0.145. The lowest BCUT2D eigenvalue weighted by Gasteiger charge is -2.57. The molecule has 0 bridgehead atoms. The van der Waals surface area contributed by atoms with E-state index in [9.17, 15) is 9.00 Å². The van der Waals surface area contributed by atoms with Gasteiger partial charge in [0.1, 0.15) is 0 Å². The van der Waals surface area contributed by atoms with E-state index in [0.29, 0.717) is 0 Å². The molecular formula is C10H17NO2S. The predicted octanol–water partition coefficient (Wildman–Crippen LogP) is 0.201. The molecule has 0 aromatic carbocycles. The summed E-state index contributed by atoms with van der Waals surface area (Å²) in [7, 11) is -1.76. The van der Waals surface area contributed by atoms with Crippen molar-refractivity contribution < 1.29 is 9.00 Å². The monoisotopic (exact) mass is 215 g/mol. The minimum absolute atomic E-state index is 0.0801. The summed E-state index contributed by atoms with van der Waals surface area (Å²) in [6.45, 7) is 5.43. The SMILES string of the molecule is C=S1(=O)CC2(CN(C(=O)C(C)C)C2)C1. The topological polar surface area (TPSA) is 37.4 Å². The Hall–Kier alpha value is -0.510. The highest BCUT2D eigenvalue weighted by Gasteiger charge is 2.54. The Balaban J connectivity index is 1.90. The van der Waals surface area contributed by atoms with Crippen LogP contribution in [0.15, 0.2) is 0 Å². The molecule has 2 saturated heterocycles. The van der Waals surface area contributed by atoms with E-state index in [-0.39, 0.29) is 17.2 Å². The van der Waals surface area contributed by atoms with Crippen LogP contribution in [0.5, 0.6) is 0 Å². The number of carbonyl (C=O) groups excluding carboxylic acids is 1. The predicted molar refractivity (Wildman–Crippen MR) is 58.8 cm³/mol. The molecule has 4 heteroatoms. The number of likely N-dealkylation sites (tertiary alicyclic amines) is 1. The molecule has 2 aliphatic heterocycles. The van der Waals surface area contributed by atoms with E-state index in [1.54, 1.807) is 0 Å². The van der Waals surface area contributed by atoms with Crippen molar-refractivity contribution >= 4 is 21.3 Å². The molecule has 2 heterocycles. The Labute approximate surface area is 85.5 Å². The van der Waals surface area contributed by atoms with Crippen molar-refractivity contribution in [3.8, 4) is 0 Å². The Bertz CT molecular complexity index is 350. The van der Waals surface area contributed by atoms with Crippen LogP contribution in [0.3, 0.4) is 0 Å². The molecule has 2 rings (SSSR count). The Morgan fingerprint density at radius 2 is 1.93 bits per heavy atom. The van der Waals surface area contributed by atoms with E-state index in [4.69, 9.17) is 0 Å². The van der Waals surface area contributed by atoms with Crippen molar-refractivity contribution in [2.75, 3.05) is 24.6 Å². The molecule has 0 aliphatic carbocycles. The van der Waals surface area contributed by atoms with E-state index in [2.05, 4.69) is 5.87 Å². The maximum absolute atomic E-state index is 11.6. The first-order chi connectivity index (χ1) is 6.34. The number of hydrogen-bond donors (Lipinski definition) is 0. The molecule has 0 atom stereocenters. The minimum atomic E-state index is -1.76. The summed E-state index contributed by atoms with van der Waals surface area (Å²) >= 11 is 0. The molecule has 80 valence electrons. The van der Waals surface area contributed by atoms with Crippen LogP contribution in [0, 0.1) is 11.3 Å². The van der Waals surface area contributed by atoms with Crippen LogP contribution in [-0.4, -0.2) is 45.5 Å². The van der Waals surface area contributed by atoms with Gasteiger partial charge in [-0.2, -0.15) is 0 Å². The van der Waals surface area contributed by atoms with Gasteiger partial charge >= 0.3 is 0 Å². The standard InChI is InChI=1S/C10H17NO2S/c1-8(2)9(12)11-4-10(5-11)6-14(3,13)7-10/h8H,3-7H2,1-2H3. The van der Waals surface area contributed by atoms with E-state index in [1.807, 2.05) is 18.7 Å². The second-order valence-electron chi connectivity index (χ2n) is 5.10. The molecule has 1 amide bonds. The van der Waals surface area contributed by atoms with Crippen LogP contribution in [0.1, 0.15) is 13.8 Å². The average molecular weight is 215 g/mol. The number of nitrogens with zero attached hydrogens (tertiary/aromatic N) is 1. The zero-order valence-corrected chi connectivity index (χ0v) is 9.60. The molecule has 0 radical (unpaired) electrons. The van der Waals surface area contributed by atoms with Gasteiger partial charge in [0, 0.05) is 35.9 Å². The third-order valence-electron chi connectivity index (χ3n) is 3.00. The third-order valence-corrected chi connectivity index (χ3v) is 5.27. The summed E-state index contributed by atoms with van der Waals surface area (Å²) in [4.78, 5) is 13.4. The second kappa shape index (κ2) is 2.75. The number of rotatable bonds is 1. The van der Waals surface area contributed by atoms with Crippen molar-refractivity contribution in [2.45, 2.75) is 13.8 Å². The molecule has 1 spiro atoms. The minimum Gasteiger partial charge on any atom is -0.341 e. The van der Waals surface area contributed by atoms with Gasteiger partial charge < -0.3 is 4.90 Å². The van der Waals surface area contributed by atoms with Gasteiger partial charge in [0.05, 0.1) is 0 Å². The van der Waals surface area contributed by atoms with E-state index >= 15 is 0 Å². The average Bonchev–Trinajstić information content (AvgIpc) is 1.93. The molecule has 0 unspecified atom stereocenters. The Morgan fingerprint density at radius 3 is 2.29 bits per heavy atom. The fourth-order valence-electron chi connectivity index (χ4n) is 2.54. The normalized spacial score (nSPS) is 27.2. The Kier molecular flexibility index (Phi) is 1.97. The summed E-state index contributed by atoms with van der Waals surface area (Å²) in [5, 5.41) is 0. The third kappa shape index (κ3) is 1.45. The number of hydrogen-bond acceptors (Lipinski definition) is 2. The van der Waals surface area contributed by atoms with Gasteiger partial charge in [-0.25, -0.2) is 0 Å². The van der Waals surface area contributed by atoms with Gasteiger partial charge in [0.15, 0.2) is 0 Å². The highest BCUT2D eigenvalue weighted by molar-refractivity contribution is 8.01. The van der Waals surface area contributed by atoms with Gasteiger partial charge in [0.2, 0.25) is 5.91 Å². The van der Waals surface area contributed by atoms with E-state index in [0.717, 1.165) is 24.6 Å². The summed E-state index contributed by atoms with van der Waals surface area (Å²) < 4.78 is 11.4. The molecular weight excluding hydrogens is 198 g/mol. The Morgan fingerprint density at radius 1 is 1.43 bits per heavy atom. The lowest BCUT2D eigenvalue weighted by Crippen LogP contribution is -2.69. The summed E-state index contributed by atoms with van der Waals surface area (Å²) in [6.07, 6.45) is 0. The van der Waals surface area contributed by atoms with Gasteiger partial charge in [-0.3, -0.25) is 9.00 Å². The van der Waals surface area contributed by atoms with Crippen LogP contribution in [0.25, 0.3) is 0 Å². The molecule has 2 aliphatic rings. The van der Waals surface area contributed by atoms with Crippen molar-refractivity contribution in [3.05, 3.63) is 0 Å². The molecule has 3 nitrogen and oxygen atoms in total. The molecule has 2 fully saturated rings. The number of carbonyl (C=O) groups is 1. The van der Waals surface area contributed by atoms with Crippen LogP contribution >= 0.6 is 0 Å². The van der Waals surface area contributed by atoms with Crippen molar-refractivity contribution in [3.63, 3.8) is 0 Å². The molecule has 0 aromatic rings. The number of amides is 1.